The molecule has 2 rings (SSSR count). The van der Waals surface area contributed by atoms with E-state index in [0.717, 1.165) is 6.07 Å². The van der Waals surface area contributed by atoms with Crippen molar-refractivity contribution in [1.29, 1.82) is 0 Å². The molecule has 0 atom stereocenters. The minimum Gasteiger partial charge on any atom is -0.504 e. The number of carbonyl (C=O) groups is 1. The van der Waals surface area contributed by atoms with Crippen LogP contribution in [0.3, 0.4) is 0 Å². The maximum Gasteiger partial charge on any atom is 0.418 e. The summed E-state index contributed by atoms with van der Waals surface area (Å²) in [7, 11) is 0. The van der Waals surface area contributed by atoms with Crippen molar-refractivity contribution < 1.29 is 28.2 Å². The molecule has 4 N–H and O–H groups in total. The Balaban J connectivity index is 1.91. The molecule has 0 aromatic heterocycles. The smallest absolute Gasteiger partial charge is 0.418 e. The van der Waals surface area contributed by atoms with Gasteiger partial charge in [-0.2, -0.15) is 13.2 Å². The Morgan fingerprint density at radius 2 is 1.75 bits per heavy atom. The lowest BCUT2D eigenvalue weighted by Crippen LogP contribution is -2.31. The van der Waals surface area contributed by atoms with Gasteiger partial charge >= 0.3 is 12.2 Å². The summed E-state index contributed by atoms with van der Waals surface area (Å²) in [5, 5.41) is 23.1. The lowest BCUT2D eigenvalue weighted by atomic mass is 10.1. The van der Waals surface area contributed by atoms with E-state index < -0.39 is 17.8 Å². The standard InChI is InChI=1S/C16H15F3N2O3/c17-16(18,19)11-3-1-2-4-12(11)21-15(24)20-8-7-10-5-6-13(22)14(23)9-10/h1-6,9,22-23H,7-8H2,(H2,20,21,24). The molecule has 0 saturated carbocycles. The third-order valence-electron chi connectivity index (χ3n) is 3.22. The predicted octanol–water partition coefficient (Wildman–Crippen LogP) is 3.48. The van der Waals surface area contributed by atoms with Crippen LogP contribution in [0, 0.1) is 0 Å². The van der Waals surface area contributed by atoms with Gasteiger partial charge in [0.1, 0.15) is 0 Å². The van der Waals surface area contributed by atoms with E-state index in [2.05, 4.69) is 10.6 Å². The van der Waals surface area contributed by atoms with E-state index in [4.69, 9.17) is 0 Å². The molecule has 0 heterocycles. The lowest BCUT2D eigenvalue weighted by Gasteiger charge is -2.14. The second-order valence-electron chi connectivity index (χ2n) is 5.00. The number of amides is 2. The number of aromatic hydroxyl groups is 2. The molecule has 0 aliphatic rings. The van der Waals surface area contributed by atoms with Crippen molar-refractivity contribution in [3.63, 3.8) is 0 Å². The molecular weight excluding hydrogens is 325 g/mol. The largest absolute Gasteiger partial charge is 0.504 e. The lowest BCUT2D eigenvalue weighted by molar-refractivity contribution is -0.136. The molecular formula is C16H15F3N2O3. The third-order valence-corrected chi connectivity index (χ3v) is 3.22. The molecule has 0 spiro atoms. The summed E-state index contributed by atoms with van der Waals surface area (Å²) in [5.41, 5.74) is -0.602. The fourth-order valence-corrected chi connectivity index (χ4v) is 2.05. The number of rotatable bonds is 4. The summed E-state index contributed by atoms with van der Waals surface area (Å²) in [6.07, 6.45) is -4.23. The summed E-state index contributed by atoms with van der Waals surface area (Å²) in [5.74, 6) is -0.538. The number of urea groups is 1. The number of phenols is 2. The molecule has 2 aromatic rings. The topological polar surface area (TPSA) is 81.6 Å². The second-order valence-corrected chi connectivity index (χ2v) is 5.00. The predicted molar refractivity (Wildman–Crippen MR) is 81.9 cm³/mol. The Labute approximate surface area is 135 Å². The zero-order valence-electron chi connectivity index (χ0n) is 12.4. The molecule has 8 heteroatoms. The van der Waals surface area contributed by atoms with Gasteiger partial charge in [-0.1, -0.05) is 18.2 Å². The SMILES string of the molecule is O=C(NCCc1ccc(O)c(O)c1)Nc1ccccc1C(F)(F)F. The normalized spacial score (nSPS) is 11.1. The molecule has 0 aliphatic carbocycles. The number of halogens is 3. The van der Waals surface area contributed by atoms with Crippen LogP contribution in [-0.2, 0) is 12.6 Å². The van der Waals surface area contributed by atoms with Crippen LogP contribution in [0.4, 0.5) is 23.7 Å². The summed E-state index contributed by atoms with van der Waals surface area (Å²) >= 11 is 0. The van der Waals surface area contributed by atoms with Crippen LogP contribution in [0.25, 0.3) is 0 Å². The highest BCUT2D eigenvalue weighted by atomic mass is 19.4. The highest BCUT2D eigenvalue weighted by Crippen LogP contribution is 2.34. The first-order valence-electron chi connectivity index (χ1n) is 6.99. The van der Waals surface area contributed by atoms with Crippen LogP contribution in [0.2, 0.25) is 0 Å². The van der Waals surface area contributed by atoms with Gasteiger partial charge in [-0.25, -0.2) is 4.79 Å². The number of para-hydroxylation sites is 1. The Morgan fingerprint density at radius 3 is 2.42 bits per heavy atom. The summed E-state index contributed by atoms with van der Waals surface area (Å²) < 4.78 is 38.5. The molecule has 0 unspecified atom stereocenters. The number of alkyl halides is 3. The molecule has 2 amide bonds. The maximum absolute atomic E-state index is 12.8. The number of hydrogen-bond acceptors (Lipinski definition) is 3. The van der Waals surface area contributed by atoms with E-state index in [-0.39, 0.29) is 23.7 Å². The Hall–Kier alpha value is -2.90. The van der Waals surface area contributed by atoms with Gasteiger partial charge in [0.15, 0.2) is 11.5 Å². The summed E-state index contributed by atoms with van der Waals surface area (Å²) in [6.45, 7) is 0.143. The van der Waals surface area contributed by atoms with Crippen molar-refractivity contribution in [3.8, 4) is 11.5 Å². The first-order chi connectivity index (χ1) is 11.3. The van der Waals surface area contributed by atoms with Gasteiger partial charge in [0, 0.05) is 6.54 Å². The fourth-order valence-electron chi connectivity index (χ4n) is 2.05. The molecule has 24 heavy (non-hydrogen) atoms. The molecule has 0 bridgehead atoms. The zero-order valence-corrected chi connectivity index (χ0v) is 12.4. The van der Waals surface area contributed by atoms with Crippen LogP contribution in [0.15, 0.2) is 42.5 Å². The van der Waals surface area contributed by atoms with Crippen molar-refractivity contribution in [2.75, 3.05) is 11.9 Å². The molecule has 128 valence electrons. The van der Waals surface area contributed by atoms with Crippen LogP contribution < -0.4 is 10.6 Å². The zero-order chi connectivity index (χ0) is 17.7. The summed E-state index contributed by atoms with van der Waals surface area (Å²) in [6, 6.07) is 8.13. The van der Waals surface area contributed by atoms with Gasteiger partial charge in [-0.05, 0) is 36.2 Å². The van der Waals surface area contributed by atoms with Crippen molar-refractivity contribution in [3.05, 3.63) is 53.6 Å². The highest BCUT2D eigenvalue weighted by Gasteiger charge is 2.33. The highest BCUT2D eigenvalue weighted by molar-refractivity contribution is 5.90. The average molecular weight is 340 g/mol. The Morgan fingerprint density at radius 1 is 1.04 bits per heavy atom. The van der Waals surface area contributed by atoms with E-state index in [1.54, 1.807) is 6.07 Å². The first-order valence-corrected chi connectivity index (χ1v) is 6.99. The van der Waals surface area contributed by atoms with E-state index >= 15 is 0 Å². The monoisotopic (exact) mass is 340 g/mol. The first kappa shape index (κ1) is 17.5. The minimum atomic E-state index is -4.56. The fraction of sp³-hybridized carbons (Fsp3) is 0.188. The minimum absolute atomic E-state index is 0.143. The molecule has 0 aliphatic heterocycles. The van der Waals surface area contributed by atoms with Crippen molar-refractivity contribution in [2.45, 2.75) is 12.6 Å². The van der Waals surface area contributed by atoms with Gasteiger partial charge in [0.05, 0.1) is 11.3 Å². The van der Waals surface area contributed by atoms with Gasteiger partial charge in [-0.3, -0.25) is 0 Å². The Bertz CT molecular complexity index is 733. The van der Waals surface area contributed by atoms with Crippen molar-refractivity contribution in [2.24, 2.45) is 0 Å². The molecule has 0 fully saturated rings. The van der Waals surface area contributed by atoms with Crippen LogP contribution in [0.5, 0.6) is 11.5 Å². The molecule has 0 radical (unpaired) electrons. The number of phenolic OH excluding ortho intramolecular Hbond substituents is 2. The van der Waals surface area contributed by atoms with E-state index in [1.165, 1.54) is 30.3 Å². The van der Waals surface area contributed by atoms with Crippen LogP contribution in [0.1, 0.15) is 11.1 Å². The average Bonchev–Trinajstić information content (AvgIpc) is 2.50. The van der Waals surface area contributed by atoms with E-state index in [1.807, 2.05) is 0 Å². The van der Waals surface area contributed by atoms with Crippen molar-refractivity contribution in [1.82, 2.24) is 5.32 Å². The number of hydrogen-bond donors (Lipinski definition) is 4. The van der Waals surface area contributed by atoms with Crippen LogP contribution in [-0.4, -0.2) is 22.8 Å². The van der Waals surface area contributed by atoms with E-state index in [0.29, 0.717) is 12.0 Å². The van der Waals surface area contributed by atoms with Crippen LogP contribution >= 0.6 is 0 Å². The van der Waals surface area contributed by atoms with Gasteiger partial charge in [0.25, 0.3) is 0 Å². The number of nitrogens with one attached hydrogen (secondary N) is 2. The third kappa shape index (κ3) is 4.55. The maximum atomic E-state index is 12.8. The van der Waals surface area contributed by atoms with Gasteiger partial charge in [0.2, 0.25) is 0 Å². The van der Waals surface area contributed by atoms with E-state index in [9.17, 15) is 28.2 Å². The number of benzene rings is 2. The molecule has 2 aromatic carbocycles. The molecule has 5 nitrogen and oxygen atoms in total. The van der Waals surface area contributed by atoms with Gasteiger partial charge in [-0.15, -0.1) is 0 Å². The summed E-state index contributed by atoms with van der Waals surface area (Å²) in [4.78, 5) is 11.7. The second kappa shape index (κ2) is 7.12. The number of anilines is 1. The molecule has 0 saturated heterocycles. The number of carbonyl (C=O) groups excluding carboxylic acids is 1. The quantitative estimate of drug-likeness (QED) is 0.643. The van der Waals surface area contributed by atoms with Gasteiger partial charge < -0.3 is 20.8 Å². The Kier molecular flexibility index (Phi) is 5.18. The van der Waals surface area contributed by atoms with Crippen molar-refractivity contribution >= 4 is 11.7 Å².